The van der Waals surface area contributed by atoms with Crippen molar-refractivity contribution in [3.63, 3.8) is 0 Å². The first kappa shape index (κ1) is 13.6. The molecule has 0 bridgehead atoms. The molecule has 0 aliphatic heterocycles. The third-order valence-corrected chi connectivity index (χ3v) is 3.67. The van der Waals surface area contributed by atoms with Gasteiger partial charge < -0.3 is 9.84 Å². The van der Waals surface area contributed by atoms with Gasteiger partial charge in [-0.2, -0.15) is 5.10 Å². The van der Waals surface area contributed by atoms with E-state index in [4.69, 9.17) is 4.74 Å². The van der Waals surface area contributed by atoms with E-state index in [1.165, 1.54) is 0 Å². The van der Waals surface area contributed by atoms with Gasteiger partial charge >= 0.3 is 0 Å². The number of para-hydroxylation sites is 1. The van der Waals surface area contributed by atoms with Crippen LogP contribution in [0.1, 0.15) is 17.4 Å². The van der Waals surface area contributed by atoms with Crippen molar-refractivity contribution in [1.82, 2.24) is 9.78 Å². The van der Waals surface area contributed by atoms with E-state index < -0.39 is 6.10 Å². The Kier molecular flexibility index (Phi) is 3.62. The summed E-state index contributed by atoms with van der Waals surface area (Å²) in [6.07, 6.45) is -0.124. The Bertz CT molecular complexity index is 764. The molecule has 2 aromatic carbocycles. The molecule has 0 spiro atoms. The Morgan fingerprint density at radius 2 is 2.00 bits per heavy atom. The van der Waals surface area contributed by atoms with Crippen molar-refractivity contribution in [2.24, 2.45) is 7.05 Å². The van der Waals surface area contributed by atoms with E-state index in [9.17, 15) is 5.11 Å². The molecule has 4 heteroatoms. The second-order valence-corrected chi connectivity index (χ2v) is 5.10. The molecule has 0 aliphatic rings. The van der Waals surface area contributed by atoms with Crippen molar-refractivity contribution in [3.8, 4) is 5.75 Å². The van der Waals surface area contributed by atoms with Crippen molar-refractivity contribution in [2.45, 2.75) is 12.5 Å². The highest BCUT2D eigenvalue weighted by atomic mass is 16.5. The zero-order valence-electron chi connectivity index (χ0n) is 12.2. The van der Waals surface area contributed by atoms with Crippen LogP contribution in [-0.4, -0.2) is 22.0 Å². The van der Waals surface area contributed by atoms with Gasteiger partial charge in [-0.3, -0.25) is 4.68 Å². The number of benzene rings is 2. The van der Waals surface area contributed by atoms with Crippen molar-refractivity contribution in [2.75, 3.05) is 7.11 Å². The molecule has 108 valence electrons. The lowest BCUT2D eigenvalue weighted by Crippen LogP contribution is -2.04. The molecular formula is C17H18N2O2. The quantitative estimate of drug-likeness (QED) is 0.800. The van der Waals surface area contributed by atoms with Crippen LogP contribution in [0.5, 0.6) is 5.75 Å². The van der Waals surface area contributed by atoms with Crippen LogP contribution in [0.15, 0.2) is 48.5 Å². The lowest BCUT2D eigenvalue weighted by Gasteiger charge is -2.09. The molecule has 0 saturated heterocycles. The van der Waals surface area contributed by atoms with Gasteiger partial charge in [0.1, 0.15) is 11.9 Å². The Morgan fingerprint density at radius 3 is 2.81 bits per heavy atom. The zero-order valence-corrected chi connectivity index (χ0v) is 12.2. The van der Waals surface area contributed by atoms with Crippen LogP contribution in [0.2, 0.25) is 0 Å². The van der Waals surface area contributed by atoms with E-state index in [-0.39, 0.29) is 0 Å². The summed E-state index contributed by atoms with van der Waals surface area (Å²) in [7, 11) is 3.53. The summed E-state index contributed by atoms with van der Waals surface area (Å²) in [6.45, 7) is 0. The van der Waals surface area contributed by atoms with E-state index >= 15 is 0 Å². The number of methoxy groups -OCH3 is 1. The minimum absolute atomic E-state index is 0.512. The Labute approximate surface area is 123 Å². The number of hydrogen-bond donors (Lipinski definition) is 1. The molecule has 0 fully saturated rings. The summed E-state index contributed by atoms with van der Waals surface area (Å²) in [5, 5.41) is 16.0. The third kappa shape index (κ3) is 2.62. The molecule has 1 aromatic heterocycles. The Hall–Kier alpha value is -2.33. The number of nitrogens with zero attached hydrogens (tertiary/aromatic N) is 2. The minimum atomic E-state index is -0.636. The fourth-order valence-corrected chi connectivity index (χ4v) is 2.61. The van der Waals surface area contributed by atoms with Crippen LogP contribution in [0, 0.1) is 0 Å². The summed E-state index contributed by atoms with van der Waals surface area (Å²) in [5.41, 5.74) is 2.77. The lowest BCUT2D eigenvalue weighted by molar-refractivity contribution is 0.174. The van der Waals surface area contributed by atoms with Gasteiger partial charge in [-0.1, -0.05) is 30.3 Å². The van der Waals surface area contributed by atoms with Gasteiger partial charge in [-0.25, -0.2) is 0 Å². The molecule has 4 nitrogen and oxygen atoms in total. The number of aromatic nitrogens is 2. The highest BCUT2D eigenvalue weighted by molar-refractivity contribution is 5.82. The molecule has 0 radical (unpaired) electrons. The van der Waals surface area contributed by atoms with Gasteiger partial charge in [0.2, 0.25) is 0 Å². The molecular weight excluding hydrogens is 264 g/mol. The first-order chi connectivity index (χ1) is 10.2. The van der Waals surface area contributed by atoms with Gasteiger partial charge in [0.25, 0.3) is 0 Å². The minimum Gasteiger partial charge on any atom is -0.497 e. The largest absolute Gasteiger partial charge is 0.497 e. The number of hydrogen-bond acceptors (Lipinski definition) is 3. The topological polar surface area (TPSA) is 47.3 Å². The third-order valence-electron chi connectivity index (χ3n) is 3.67. The van der Waals surface area contributed by atoms with Crippen LogP contribution in [0.25, 0.3) is 10.9 Å². The van der Waals surface area contributed by atoms with Gasteiger partial charge in [0, 0.05) is 18.9 Å². The first-order valence-electron chi connectivity index (χ1n) is 6.91. The monoisotopic (exact) mass is 282 g/mol. The van der Waals surface area contributed by atoms with E-state index in [2.05, 4.69) is 5.10 Å². The fourth-order valence-electron chi connectivity index (χ4n) is 2.61. The second-order valence-electron chi connectivity index (χ2n) is 5.10. The molecule has 21 heavy (non-hydrogen) atoms. The number of ether oxygens (including phenoxy) is 1. The van der Waals surface area contributed by atoms with Crippen LogP contribution in [0.3, 0.4) is 0 Å². The number of rotatable bonds is 4. The predicted molar refractivity (Wildman–Crippen MR) is 82.4 cm³/mol. The van der Waals surface area contributed by atoms with Crippen LogP contribution >= 0.6 is 0 Å². The first-order valence-corrected chi connectivity index (χ1v) is 6.91. The maximum Gasteiger partial charge on any atom is 0.119 e. The zero-order chi connectivity index (χ0) is 14.8. The summed E-state index contributed by atoms with van der Waals surface area (Å²) < 4.78 is 7.02. The summed E-state index contributed by atoms with van der Waals surface area (Å²) in [6, 6.07) is 15.7. The molecule has 1 unspecified atom stereocenters. The molecule has 0 aliphatic carbocycles. The molecule has 0 saturated carbocycles. The highest BCUT2D eigenvalue weighted by Gasteiger charge is 2.17. The molecule has 0 amide bonds. The Morgan fingerprint density at radius 1 is 1.19 bits per heavy atom. The van der Waals surface area contributed by atoms with Gasteiger partial charge in [0.15, 0.2) is 0 Å². The van der Waals surface area contributed by atoms with E-state index in [1.807, 2.05) is 55.6 Å². The number of aryl methyl sites for hydroxylation is 1. The molecule has 1 N–H and O–H groups in total. The van der Waals surface area contributed by atoms with Crippen LogP contribution in [0.4, 0.5) is 0 Å². The van der Waals surface area contributed by atoms with Crippen molar-refractivity contribution >= 4 is 10.9 Å². The van der Waals surface area contributed by atoms with E-state index in [0.29, 0.717) is 6.42 Å². The van der Waals surface area contributed by atoms with Gasteiger partial charge in [-0.05, 0) is 23.8 Å². The van der Waals surface area contributed by atoms with E-state index in [0.717, 1.165) is 27.9 Å². The lowest BCUT2D eigenvalue weighted by atomic mass is 10.0. The van der Waals surface area contributed by atoms with Crippen molar-refractivity contribution in [3.05, 3.63) is 59.8 Å². The second kappa shape index (κ2) is 5.58. The SMILES string of the molecule is COc1cccc(CC(O)c2nn(C)c3ccccc23)c1. The standard InChI is InChI=1S/C17H18N2O2/c1-19-15-9-4-3-8-14(15)17(18-19)16(20)11-12-6-5-7-13(10-12)21-2/h3-10,16,20H,11H2,1-2H3. The molecule has 3 aromatic rings. The van der Waals surface area contributed by atoms with Crippen molar-refractivity contribution in [1.29, 1.82) is 0 Å². The van der Waals surface area contributed by atoms with Crippen LogP contribution < -0.4 is 4.74 Å². The van der Waals surface area contributed by atoms with Gasteiger partial charge in [0.05, 0.1) is 18.3 Å². The average Bonchev–Trinajstić information content (AvgIpc) is 2.85. The number of aliphatic hydroxyl groups is 1. The normalized spacial score (nSPS) is 12.5. The summed E-state index contributed by atoms with van der Waals surface area (Å²) in [5.74, 6) is 0.797. The maximum absolute atomic E-state index is 10.5. The predicted octanol–water partition coefficient (Wildman–Crippen LogP) is 2.86. The smallest absolute Gasteiger partial charge is 0.119 e. The Balaban J connectivity index is 1.91. The average molecular weight is 282 g/mol. The van der Waals surface area contributed by atoms with Gasteiger partial charge in [-0.15, -0.1) is 0 Å². The summed E-state index contributed by atoms with van der Waals surface area (Å²) in [4.78, 5) is 0. The molecule has 3 rings (SSSR count). The van der Waals surface area contributed by atoms with Crippen LogP contribution in [-0.2, 0) is 13.5 Å². The fraction of sp³-hybridized carbons (Fsp3) is 0.235. The molecule has 1 atom stereocenters. The maximum atomic E-state index is 10.5. The van der Waals surface area contributed by atoms with Crippen molar-refractivity contribution < 1.29 is 9.84 Å². The number of aliphatic hydroxyl groups excluding tert-OH is 1. The summed E-state index contributed by atoms with van der Waals surface area (Å²) >= 11 is 0. The highest BCUT2D eigenvalue weighted by Crippen LogP contribution is 2.26. The number of fused-ring (bicyclic) bond motifs is 1. The molecule has 1 heterocycles. The van der Waals surface area contributed by atoms with E-state index in [1.54, 1.807) is 11.8 Å².